The Morgan fingerprint density at radius 3 is 2.50 bits per heavy atom. The number of rotatable bonds is 4. The number of hydrogen-bond acceptors (Lipinski definition) is 4. The van der Waals surface area contributed by atoms with Crippen LogP contribution in [0.4, 0.5) is 0 Å². The molecule has 1 unspecified atom stereocenters. The number of aliphatic hydroxyl groups is 2. The quantitative estimate of drug-likeness (QED) is 0.716. The van der Waals surface area contributed by atoms with Gasteiger partial charge in [-0.3, -0.25) is 0 Å². The summed E-state index contributed by atoms with van der Waals surface area (Å²) in [6.45, 7) is 7.27. The predicted molar refractivity (Wildman–Crippen MR) is 116 cm³/mol. The van der Waals surface area contributed by atoms with E-state index in [4.69, 9.17) is 9.47 Å². The molecular weight excluding hydrogens is 376 g/mol. The van der Waals surface area contributed by atoms with E-state index in [1.54, 1.807) is 7.11 Å². The van der Waals surface area contributed by atoms with Crippen LogP contribution in [0.5, 0.6) is 5.75 Å². The van der Waals surface area contributed by atoms with Crippen LogP contribution in [0, 0.1) is 28.6 Å². The maximum Gasteiger partial charge on any atom is 0.118 e. The number of methoxy groups -OCH3 is 1. The lowest BCUT2D eigenvalue weighted by molar-refractivity contribution is -0.147. The Bertz CT molecular complexity index is 843. The summed E-state index contributed by atoms with van der Waals surface area (Å²) in [5.41, 5.74) is 1.04. The molecule has 0 aliphatic heterocycles. The standard InChI is InChI=1S/C26H36O4/c1-16-13-20-22(30-15-17-5-7-18(29-4)8-6-17)11-12-25(20)23(27)10-9-19-21(24(19,2)3)14-26(16,25)28/h5-8,13,19-23,27-28H,9-12,14-15H2,1-4H3/t19-,20+,21+,22+,23?,25-,26+/m1/s1. The molecular formula is C26H36O4. The van der Waals surface area contributed by atoms with Crippen molar-refractivity contribution in [2.75, 3.05) is 7.11 Å². The molecule has 1 spiro atoms. The van der Waals surface area contributed by atoms with E-state index >= 15 is 0 Å². The zero-order valence-corrected chi connectivity index (χ0v) is 18.7. The lowest BCUT2D eigenvalue weighted by atomic mass is 9.60. The molecule has 4 aliphatic rings. The first kappa shape index (κ1) is 20.5. The molecule has 0 bridgehead atoms. The molecule has 4 heteroatoms. The minimum Gasteiger partial charge on any atom is -0.497 e. The average Bonchev–Trinajstić information content (AvgIpc) is 2.99. The van der Waals surface area contributed by atoms with Crippen molar-refractivity contribution in [3.63, 3.8) is 0 Å². The molecule has 1 aromatic rings. The fourth-order valence-corrected chi connectivity index (χ4v) is 7.45. The zero-order valence-electron chi connectivity index (χ0n) is 18.7. The third-order valence-corrected chi connectivity index (χ3v) is 9.46. The first-order valence-corrected chi connectivity index (χ1v) is 11.6. The van der Waals surface area contributed by atoms with Gasteiger partial charge in [-0.25, -0.2) is 0 Å². The van der Waals surface area contributed by atoms with Crippen molar-refractivity contribution < 1.29 is 19.7 Å². The fraction of sp³-hybridized carbons (Fsp3) is 0.692. The number of hydrogen-bond donors (Lipinski definition) is 2. The lowest BCUT2D eigenvalue weighted by Gasteiger charge is -2.49. The maximum absolute atomic E-state index is 12.1. The summed E-state index contributed by atoms with van der Waals surface area (Å²) < 4.78 is 11.6. The monoisotopic (exact) mass is 412 g/mol. The van der Waals surface area contributed by atoms with Gasteiger partial charge in [-0.05, 0) is 79.5 Å². The van der Waals surface area contributed by atoms with Crippen LogP contribution in [0.2, 0.25) is 0 Å². The second-order valence-electron chi connectivity index (χ2n) is 10.8. The fourth-order valence-electron chi connectivity index (χ4n) is 7.45. The molecule has 4 aliphatic carbocycles. The van der Waals surface area contributed by atoms with Crippen LogP contribution in [-0.2, 0) is 11.3 Å². The van der Waals surface area contributed by atoms with Gasteiger partial charge in [-0.1, -0.05) is 32.1 Å². The average molecular weight is 413 g/mol. The number of ether oxygens (including phenoxy) is 2. The molecule has 5 rings (SSSR count). The Morgan fingerprint density at radius 2 is 1.80 bits per heavy atom. The molecule has 4 nitrogen and oxygen atoms in total. The van der Waals surface area contributed by atoms with E-state index in [1.165, 1.54) is 0 Å². The molecule has 164 valence electrons. The summed E-state index contributed by atoms with van der Waals surface area (Å²) in [4.78, 5) is 0. The molecule has 0 radical (unpaired) electrons. The van der Waals surface area contributed by atoms with Crippen LogP contribution in [0.15, 0.2) is 35.9 Å². The molecule has 0 amide bonds. The Labute approximate surface area is 180 Å². The van der Waals surface area contributed by atoms with Crippen molar-refractivity contribution in [3.8, 4) is 5.75 Å². The van der Waals surface area contributed by atoms with Crippen molar-refractivity contribution in [3.05, 3.63) is 41.5 Å². The maximum atomic E-state index is 12.1. The van der Waals surface area contributed by atoms with Gasteiger partial charge in [0.25, 0.3) is 0 Å². The molecule has 0 aromatic heterocycles. The van der Waals surface area contributed by atoms with Gasteiger partial charge in [0.05, 0.1) is 31.5 Å². The zero-order chi connectivity index (χ0) is 21.3. The summed E-state index contributed by atoms with van der Waals surface area (Å²) in [7, 11) is 1.67. The minimum atomic E-state index is -0.910. The van der Waals surface area contributed by atoms with Crippen molar-refractivity contribution >= 4 is 0 Å². The van der Waals surface area contributed by atoms with Gasteiger partial charge in [0, 0.05) is 11.3 Å². The van der Waals surface area contributed by atoms with Crippen LogP contribution in [0.1, 0.15) is 58.4 Å². The highest BCUT2D eigenvalue weighted by Crippen LogP contribution is 2.71. The van der Waals surface area contributed by atoms with Gasteiger partial charge in [0.2, 0.25) is 0 Å². The first-order valence-electron chi connectivity index (χ1n) is 11.6. The van der Waals surface area contributed by atoms with Crippen molar-refractivity contribution in [1.29, 1.82) is 0 Å². The predicted octanol–water partition coefficient (Wildman–Crippen LogP) is 4.48. The third kappa shape index (κ3) is 2.69. The normalized spacial score (nSPS) is 43.7. The van der Waals surface area contributed by atoms with E-state index in [0.29, 0.717) is 18.4 Å². The van der Waals surface area contributed by atoms with Gasteiger partial charge in [-0.15, -0.1) is 0 Å². The van der Waals surface area contributed by atoms with Gasteiger partial charge in [0.15, 0.2) is 0 Å². The van der Waals surface area contributed by atoms with Gasteiger partial charge in [-0.2, -0.15) is 0 Å². The van der Waals surface area contributed by atoms with Crippen LogP contribution >= 0.6 is 0 Å². The summed E-state index contributed by atoms with van der Waals surface area (Å²) >= 11 is 0. The van der Waals surface area contributed by atoms with Gasteiger partial charge < -0.3 is 19.7 Å². The third-order valence-electron chi connectivity index (χ3n) is 9.46. The van der Waals surface area contributed by atoms with Crippen molar-refractivity contribution in [2.45, 2.75) is 77.3 Å². The summed E-state index contributed by atoms with van der Waals surface area (Å²) in [6.07, 6.45) is 6.16. The van der Waals surface area contributed by atoms with Crippen LogP contribution in [0.25, 0.3) is 0 Å². The second-order valence-corrected chi connectivity index (χ2v) is 10.8. The van der Waals surface area contributed by atoms with Gasteiger partial charge >= 0.3 is 0 Å². The second kappa shape index (κ2) is 6.82. The lowest BCUT2D eigenvalue weighted by Crippen LogP contribution is -2.56. The molecule has 0 heterocycles. The minimum absolute atomic E-state index is 0.0353. The van der Waals surface area contributed by atoms with Crippen molar-refractivity contribution in [2.24, 2.45) is 28.6 Å². The summed E-state index contributed by atoms with van der Waals surface area (Å²) in [5.74, 6) is 2.10. The van der Waals surface area contributed by atoms with E-state index < -0.39 is 17.1 Å². The first-order chi connectivity index (χ1) is 14.2. The van der Waals surface area contributed by atoms with Crippen LogP contribution < -0.4 is 4.74 Å². The molecule has 1 aromatic carbocycles. The topological polar surface area (TPSA) is 58.9 Å². The molecule has 3 fully saturated rings. The largest absolute Gasteiger partial charge is 0.497 e. The molecule has 30 heavy (non-hydrogen) atoms. The summed E-state index contributed by atoms with van der Waals surface area (Å²) in [5, 5.41) is 23.5. The Morgan fingerprint density at radius 1 is 1.07 bits per heavy atom. The summed E-state index contributed by atoms with van der Waals surface area (Å²) in [6, 6.07) is 7.99. The van der Waals surface area contributed by atoms with E-state index in [0.717, 1.165) is 49.0 Å². The van der Waals surface area contributed by atoms with E-state index in [1.807, 2.05) is 24.3 Å². The molecule has 2 N–H and O–H groups in total. The van der Waals surface area contributed by atoms with E-state index in [9.17, 15) is 10.2 Å². The smallest absolute Gasteiger partial charge is 0.118 e. The molecule has 3 saturated carbocycles. The Hall–Kier alpha value is -1.36. The van der Waals surface area contributed by atoms with Crippen LogP contribution in [-0.4, -0.2) is 35.1 Å². The highest BCUT2D eigenvalue weighted by molar-refractivity contribution is 5.37. The van der Waals surface area contributed by atoms with E-state index in [-0.39, 0.29) is 17.4 Å². The SMILES string of the molecule is COc1ccc(CO[C@H]2CC[C@@]34C(O)CC[C@@H]5[C@H](C[C@]3(O)C(C)=C[C@@H]24)C5(C)C)cc1. The highest BCUT2D eigenvalue weighted by atomic mass is 16.5. The highest BCUT2D eigenvalue weighted by Gasteiger charge is 2.71. The molecule has 0 saturated heterocycles. The van der Waals surface area contributed by atoms with E-state index in [2.05, 4.69) is 26.8 Å². The van der Waals surface area contributed by atoms with Gasteiger partial charge in [0.1, 0.15) is 5.75 Å². The van der Waals surface area contributed by atoms with Crippen LogP contribution in [0.3, 0.4) is 0 Å². The Kier molecular flexibility index (Phi) is 4.67. The molecule has 7 atom stereocenters. The van der Waals surface area contributed by atoms with Crippen molar-refractivity contribution in [1.82, 2.24) is 0 Å². The number of aliphatic hydroxyl groups excluding tert-OH is 1. The number of benzene rings is 1. The number of fused-ring (bicyclic) bond motifs is 1. The Balaban J connectivity index is 1.38.